The summed E-state index contributed by atoms with van der Waals surface area (Å²) in [7, 11) is 1.76. The second-order valence-electron chi connectivity index (χ2n) is 6.42. The number of rotatable bonds is 7. The first-order valence-electron chi connectivity index (χ1n) is 8.64. The fourth-order valence-electron chi connectivity index (χ4n) is 2.99. The Morgan fingerprint density at radius 2 is 1.96 bits per heavy atom. The summed E-state index contributed by atoms with van der Waals surface area (Å²) in [5, 5.41) is 11.4. The third-order valence-electron chi connectivity index (χ3n) is 4.32. The number of aromatic nitrogens is 2. The molecule has 2 aromatic heterocycles. The highest BCUT2D eigenvalue weighted by Gasteiger charge is 2.20. The van der Waals surface area contributed by atoms with Gasteiger partial charge < -0.3 is 14.7 Å². The molecular weight excluding hydrogens is 378 g/mol. The minimum atomic E-state index is -1.02. The number of amides is 1. The molecule has 0 fully saturated rings. The number of nitrogens with zero attached hydrogens (tertiary/aromatic N) is 3. The first-order chi connectivity index (χ1) is 13.4. The molecule has 3 aromatic rings. The van der Waals surface area contributed by atoms with Crippen LogP contribution in [0.15, 0.2) is 41.9 Å². The Labute approximate surface area is 166 Å². The Kier molecular flexibility index (Phi) is 5.79. The fourth-order valence-corrected chi connectivity index (χ4v) is 3.74. The van der Waals surface area contributed by atoms with E-state index in [-0.39, 0.29) is 12.5 Å². The summed E-state index contributed by atoms with van der Waals surface area (Å²) in [6.07, 6.45) is 1.75. The Morgan fingerprint density at radius 3 is 2.57 bits per heavy atom. The van der Waals surface area contributed by atoms with Crippen molar-refractivity contribution in [2.45, 2.75) is 20.4 Å². The van der Waals surface area contributed by atoms with E-state index >= 15 is 0 Å². The number of aliphatic carboxylic acids is 1. The summed E-state index contributed by atoms with van der Waals surface area (Å²) in [6, 6.07) is 8.92. The monoisotopic (exact) mass is 399 g/mol. The number of aryl methyl sites for hydroxylation is 1. The minimum absolute atomic E-state index is 0.0675. The maximum Gasteiger partial charge on any atom is 0.341 e. The highest BCUT2D eigenvalue weighted by atomic mass is 32.1. The number of thiazole rings is 1. The van der Waals surface area contributed by atoms with E-state index in [0.29, 0.717) is 17.9 Å². The Morgan fingerprint density at radius 1 is 1.25 bits per heavy atom. The first-order valence-corrected chi connectivity index (χ1v) is 9.52. The SMILES string of the molecule is Cc1cc(C(=O)N(C)Cc2ccc(OCC(=O)O)cc2)c(C)n1-c1nccs1. The molecule has 1 N–H and O–H groups in total. The summed E-state index contributed by atoms with van der Waals surface area (Å²) in [5.74, 6) is -0.612. The van der Waals surface area contributed by atoms with Gasteiger partial charge in [-0.2, -0.15) is 0 Å². The van der Waals surface area contributed by atoms with E-state index in [4.69, 9.17) is 9.84 Å². The van der Waals surface area contributed by atoms with Crippen LogP contribution in [0, 0.1) is 13.8 Å². The predicted molar refractivity (Wildman–Crippen MR) is 106 cm³/mol. The van der Waals surface area contributed by atoms with Crippen molar-refractivity contribution in [1.29, 1.82) is 0 Å². The van der Waals surface area contributed by atoms with Crippen LogP contribution in [-0.2, 0) is 11.3 Å². The van der Waals surface area contributed by atoms with Gasteiger partial charge in [-0.3, -0.25) is 9.36 Å². The van der Waals surface area contributed by atoms with Crippen molar-refractivity contribution >= 4 is 23.2 Å². The Hall–Kier alpha value is -3.13. The van der Waals surface area contributed by atoms with Gasteiger partial charge in [0.25, 0.3) is 5.91 Å². The van der Waals surface area contributed by atoms with E-state index in [2.05, 4.69) is 4.98 Å². The molecule has 1 aromatic carbocycles. The average molecular weight is 399 g/mol. The zero-order valence-corrected chi connectivity index (χ0v) is 16.7. The zero-order chi connectivity index (χ0) is 20.3. The molecule has 0 spiro atoms. The smallest absolute Gasteiger partial charge is 0.341 e. The molecule has 8 heteroatoms. The van der Waals surface area contributed by atoms with Gasteiger partial charge in [0.1, 0.15) is 5.75 Å². The van der Waals surface area contributed by atoms with Crippen molar-refractivity contribution in [1.82, 2.24) is 14.5 Å². The average Bonchev–Trinajstić information content (AvgIpc) is 3.28. The molecule has 1 amide bonds. The molecule has 0 bridgehead atoms. The number of carboxylic acid groups (broad SMARTS) is 1. The maximum atomic E-state index is 13.0. The summed E-state index contributed by atoms with van der Waals surface area (Å²) in [6.45, 7) is 3.93. The molecule has 0 radical (unpaired) electrons. The van der Waals surface area contributed by atoms with Crippen LogP contribution in [0.2, 0.25) is 0 Å². The van der Waals surface area contributed by atoms with Crippen LogP contribution < -0.4 is 4.74 Å². The lowest BCUT2D eigenvalue weighted by Crippen LogP contribution is -2.26. The van der Waals surface area contributed by atoms with E-state index in [0.717, 1.165) is 22.1 Å². The lowest BCUT2D eigenvalue weighted by Gasteiger charge is -2.17. The van der Waals surface area contributed by atoms with Crippen molar-refractivity contribution in [2.75, 3.05) is 13.7 Å². The van der Waals surface area contributed by atoms with Crippen LogP contribution in [0.4, 0.5) is 0 Å². The normalized spacial score (nSPS) is 10.7. The number of ether oxygens (including phenoxy) is 1. The van der Waals surface area contributed by atoms with Gasteiger partial charge in [0.2, 0.25) is 0 Å². The van der Waals surface area contributed by atoms with Crippen LogP contribution in [0.25, 0.3) is 5.13 Å². The summed E-state index contributed by atoms with van der Waals surface area (Å²) in [5.41, 5.74) is 3.40. The third kappa shape index (κ3) is 4.23. The summed E-state index contributed by atoms with van der Waals surface area (Å²) >= 11 is 1.53. The summed E-state index contributed by atoms with van der Waals surface area (Å²) in [4.78, 5) is 29.5. The molecule has 7 nitrogen and oxygen atoms in total. The second kappa shape index (κ2) is 8.26. The van der Waals surface area contributed by atoms with E-state index in [1.807, 2.05) is 42.0 Å². The standard InChI is InChI=1S/C20H21N3O4S/c1-13-10-17(14(2)23(13)20-21-8-9-28-20)19(26)22(3)11-15-4-6-16(7-5-15)27-12-18(24)25/h4-10H,11-12H2,1-3H3,(H,24,25). The first kappa shape index (κ1) is 19.6. The third-order valence-corrected chi connectivity index (χ3v) is 5.08. The summed E-state index contributed by atoms with van der Waals surface area (Å²) < 4.78 is 7.11. The van der Waals surface area contributed by atoms with E-state index in [1.54, 1.807) is 30.3 Å². The minimum Gasteiger partial charge on any atom is -0.482 e. The number of benzene rings is 1. The highest BCUT2D eigenvalue weighted by molar-refractivity contribution is 7.12. The fraction of sp³-hybridized carbons (Fsp3) is 0.250. The highest BCUT2D eigenvalue weighted by Crippen LogP contribution is 2.23. The van der Waals surface area contributed by atoms with Crippen LogP contribution in [0.5, 0.6) is 5.75 Å². The molecular formula is C20H21N3O4S. The second-order valence-corrected chi connectivity index (χ2v) is 7.30. The molecule has 0 saturated heterocycles. The van der Waals surface area contributed by atoms with Crippen LogP contribution in [0.3, 0.4) is 0 Å². The zero-order valence-electron chi connectivity index (χ0n) is 15.9. The molecule has 0 atom stereocenters. The van der Waals surface area contributed by atoms with E-state index in [9.17, 15) is 9.59 Å². The van der Waals surface area contributed by atoms with Crippen molar-refractivity contribution in [3.05, 3.63) is 64.4 Å². The van der Waals surface area contributed by atoms with Crippen molar-refractivity contribution < 1.29 is 19.4 Å². The van der Waals surface area contributed by atoms with Gasteiger partial charge in [-0.15, -0.1) is 11.3 Å². The van der Waals surface area contributed by atoms with Crippen LogP contribution >= 0.6 is 11.3 Å². The quantitative estimate of drug-likeness (QED) is 0.659. The lowest BCUT2D eigenvalue weighted by molar-refractivity contribution is -0.139. The van der Waals surface area contributed by atoms with Gasteiger partial charge in [0.05, 0.1) is 5.56 Å². The number of carbonyl (C=O) groups is 2. The topological polar surface area (TPSA) is 84.7 Å². The Balaban J connectivity index is 1.71. The molecule has 0 saturated carbocycles. The predicted octanol–water partition coefficient (Wildman–Crippen LogP) is 3.29. The van der Waals surface area contributed by atoms with Gasteiger partial charge in [-0.05, 0) is 37.6 Å². The molecule has 3 rings (SSSR count). The van der Waals surface area contributed by atoms with Crippen molar-refractivity contribution in [3.63, 3.8) is 0 Å². The van der Waals surface area contributed by atoms with Gasteiger partial charge in [-0.25, -0.2) is 9.78 Å². The molecule has 28 heavy (non-hydrogen) atoms. The number of carboxylic acids is 1. The van der Waals surface area contributed by atoms with Crippen LogP contribution in [0.1, 0.15) is 27.3 Å². The molecule has 146 valence electrons. The van der Waals surface area contributed by atoms with E-state index in [1.165, 1.54) is 11.3 Å². The van der Waals surface area contributed by atoms with E-state index < -0.39 is 5.97 Å². The largest absolute Gasteiger partial charge is 0.482 e. The molecule has 0 aliphatic heterocycles. The van der Waals surface area contributed by atoms with Crippen LogP contribution in [-0.4, -0.2) is 45.1 Å². The molecule has 0 aliphatic rings. The molecule has 0 unspecified atom stereocenters. The van der Waals surface area contributed by atoms with Gasteiger partial charge in [-0.1, -0.05) is 12.1 Å². The van der Waals surface area contributed by atoms with Gasteiger partial charge in [0, 0.05) is 36.6 Å². The van der Waals surface area contributed by atoms with Crippen molar-refractivity contribution in [2.24, 2.45) is 0 Å². The number of hydrogen-bond donors (Lipinski definition) is 1. The van der Waals surface area contributed by atoms with Gasteiger partial charge in [0.15, 0.2) is 11.7 Å². The molecule has 0 aliphatic carbocycles. The van der Waals surface area contributed by atoms with Crippen molar-refractivity contribution in [3.8, 4) is 10.9 Å². The Bertz CT molecular complexity index is 978. The number of carbonyl (C=O) groups excluding carboxylic acids is 1. The number of hydrogen-bond acceptors (Lipinski definition) is 5. The molecule has 2 heterocycles. The maximum absolute atomic E-state index is 13.0. The van der Waals surface area contributed by atoms with Gasteiger partial charge >= 0.3 is 5.97 Å². The lowest BCUT2D eigenvalue weighted by atomic mass is 10.1.